The number of hydrogen-bond acceptors (Lipinski definition) is 3. The molecule has 0 bridgehead atoms. The van der Waals surface area contributed by atoms with E-state index < -0.39 is 17.5 Å². The number of carbonyl (C=O) groups is 2. The molecule has 0 amide bonds. The second-order valence-corrected chi connectivity index (χ2v) is 13.7. The Morgan fingerprint density at radius 3 is 2.19 bits per heavy atom. The van der Waals surface area contributed by atoms with Gasteiger partial charge in [-0.3, -0.25) is 9.59 Å². The Kier molecular flexibility index (Phi) is 7.98. The molecule has 6 unspecified atom stereocenters. The molecule has 0 aromatic rings. The summed E-state index contributed by atoms with van der Waals surface area (Å²) in [6, 6.07) is 0. The zero-order valence-corrected chi connectivity index (χ0v) is 23.7. The number of fused-ring (bicyclic) bond motifs is 2. The molecule has 0 radical (unpaired) electrons. The number of hydrogen-bond donors (Lipinski definition) is 3. The predicted octanol–water partition coefficient (Wildman–Crippen LogP) is 7.24. The summed E-state index contributed by atoms with van der Waals surface area (Å²) in [4.78, 5) is 24.1. The van der Waals surface area contributed by atoms with Gasteiger partial charge < -0.3 is 15.3 Å². The van der Waals surface area contributed by atoms with Crippen LogP contribution in [-0.2, 0) is 9.59 Å². The van der Waals surface area contributed by atoms with Crippen LogP contribution in [0.4, 0.5) is 0 Å². The summed E-state index contributed by atoms with van der Waals surface area (Å²) in [7, 11) is 0. The SMILES string of the molecule is C=C(CCC(C(=O)O)C1CCC2(C)C3=C(CCC12C)C(C)(CCC(=O)O)C(C(C)(C)O)CC3)C(C)C. The first-order valence-electron chi connectivity index (χ1n) is 14.1. The fraction of sp³-hybridized carbons (Fsp3) is 0.806. The van der Waals surface area contributed by atoms with Gasteiger partial charge in [-0.25, -0.2) is 0 Å². The van der Waals surface area contributed by atoms with E-state index in [0.717, 1.165) is 50.5 Å². The van der Waals surface area contributed by atoms with E-state index in [-0.39, 0.29) is 40.4 Å². The molecule has 3 aliphatic carbocycles. The summed E-state index contributed by atoms with van der Waals surface area (Å²) in [5, 5.41) is 30.9. The van der Waals surface area contributed by atoms with Crippen molar-refractivity contribution in [3.05, 3.63) is 23.3 Å². The average molecular weight is 503 g/mol. The highest BCUT2D eigenvalue weighted by atomic mass is 16.4. The summed E-state index contributed by atoms with van der Waals surface area (Å²) in [5.41, 5.74) is 2.48. The molecule has 3 N–H and O–H groups in total. The Labute approximate surface area is 218 Å². The molecule has 0 saturated heterocycles. The van der Waals surface area contributed by atoms with Crippen molar-refractivity contribution in [3.8, 4) is 0 Å². The van der Waals surface area contributed by atoms with E-state index in [0.29, 0.717) is 18.8 Å². The van der Waals surface area contributed by atoms with Crippen molar-refractivity contribution in [1.82, 2.24) is 0 Å². The highest BCUT2D eigenvalue weighted by molar-refractivity contribution is 5.71. The fourth-order valence-corrected chi connectivity index (χ4v) is 8.75. The summed E-state index contributed by atoms with van der Waals surface area (Å²) in [6.45, 7) is 19.0. The third-order valence-corrected chi connectivity index (χ3v) is 11.2. The molecular formula is C31H50O5. The van der Waals surface area contributed by atoms with Crippen molar-refractivity contribution in [2.24, 2.45) is 39.9 Å². The zero-order valence-electron chi connectivity index (χ0n) is 23.7. The van der Waals surface area contributed by atoms with Crippen LogP contribution in [0.3, 0.4) is 0 Å². The molecule has 204 valence electrons. The molecule has 0 heterocycles. The molecule has 5 heteroatoms. The van der Waals surface area contributed by atoms with Gasteiger partial charge in [-0.05, 0) is 106 Å². The second kappa shape index (κ2) is 9.93. The van der Waals surface area contributed by atoms with Gasteiger partial charge in [0.05, 0.1) is 11.5 Å². The minimum Gasteiger partial charge on any atom is -0.481 e. The molecule has 1 fully saturated rings. The van der Waals surface area contributed by atoms with Gasteiger partial charge in [0.2, 0.25) is 0 Å². The van der Waals surface area contributed by atoms with Crippen molar-refractivity contribution < 1.29 is 24.9 Å². The van der Waals surface area contributed by atoms with Crippen LogP contribution in [0.5, 0.6) is 0 Å². The van der Waals surface area contributed by atoms with E-state index in [9.17, 15) is 24.9 Å². The lowest BCUT2D eigenvalue weighted by Crippen LogP contribution is -2.52. The van der Waals surface area contributed by atoms with Crippen LogP contribution in [0.15, 0.2) is 23.3 Å². The van der Waals surface area contributed by atoms with E-state index in [1.165, 1.54) is 11.1 Å². The molecule has 0 spiro atoms. The van der Waals surface area contributed by atoms with Crippen LogP contribution >= 0.6 is 0 Å². The van der Waals surface area contributed by atoms with Gasteiger partial charge in [0.1, 0.15) is 0 Å². The van der Waals surface area contributed by atoms with Crippen LogP contribution in [-0.4, -0.2) is 32.9 Å². The first kappa shape index (κ1) is 28.9. The molecule has 3 rings (SSSR count). The largest absolute Gasteiger partial charge is 0.481 e. The van der Waals surface area contributed by atoms with Gasteiger partial charge >= 0.3 is 11.9 Å². The monoisotopic (exact) mass is 502 g/mol. The zero-order chi connectivity index (χ0) is 27.3. The van der Waals surface area contributed by atoms with Gasteiger partial charge in [-0.2, -0.15) is 0 Å². The van der Waals surface area contributed by atoms with Crippen molar-refractivity contribution in [1.29, 1.82) is 0 Å². The molecule has 1 saturated carbocycles. The Hall–Kier alpha value is -1.62. The van der Waals surface area contributed by atoms with Crippen molar-refractivity contribution >= 4 is 11.9 Å². The van der Waals surface area contributed by atoms with Crippen LogP contribution in [0.1, 0.15) is 113 Å². The molecule has 0 aliphatic heterocycles. The number of carboxylic acids is 2. The fourth-order valence-electron chi connectivity index (χ4n) is 8.75. The van der Waals surface area contributed by atoms with E-state index in [1.807, 2.05) is 13.8 Å². The van der Waals surface area contributed by atoms with Crippen molar-refractivity contribution in [2.45, 2.75) is 118 Å². The predicted molar refractivity (Wildman–Crippen MR) is 144 cm³/mol. The van der Waals surface area contributed by atoms with Crippen LogP contribution in [0.2, 0.25) is 0 Å². The first-order chi connectivity index (χ1) is 16.5. The quantitative estimate of drug-likeness (QED) is 0.274. The van der Waals surface area contributed by atoms with Crippen molar-refractivity contribution in [3.63, 3.8) is 0 Å². The van der Waals surface area contributed by atoms with Crippen LogP contribution < -0.4 is 0 Å². The van der Waals surface area contributed by atoms with E-state index in [1.54, 1.807) is 0 Å². The van der Waals surface area contributed by atoms with E-state index >= 15 is 0 Å². The highest BCUT2D eigenvalue weighted by Gasteiger charge is 2.63. The normalized spacial score (nSPS) is 35.4. The summed E-state index contributed by atoms with van der Waals surface area (Å²) in [6.07, 6.45) is 7.45. The first-order valence-corrected chi connectivity index (χ1v) is 14.1. The Balaban J connectivity index is 2.01. The molecular weight excluding hydrogens is 452 g/mol. The maximum absolute atomic E-state index is 12.6. The average Bonchev–Trinajstić information content (AvgIpc) is 3.03. The smallest absolute Gasteiger partial charge is 0.306 e. The standard InChI is InChI=1S/C31H50O5/c1-19(2)20(3)9-10-21(27(34)35)22-13-17-31(8)24-11-12-25(28(4,5)36)29(6,16-15-26(32)33)23(24)14-18-30(22,31)7/h19,21-22,25,36H,3,9-18H2,1-2,4-8H3,(H,32,33)(H,34,35). The topological polar surface area (TPSA) is 94.8 Å². The number of carboxylic acid groups (broad SMARTS) is 2. The third-order valence-electron chi connectivity index (χ3n) is 11.2. The Morgan fingerprint density at radius 2 is 1.67 bits per heavy atom. The molecule has 5 nitrogen and oxygen atoms in total. The molecule has 0 aromatic heterocycles. The van der Waals surface area contributed by atoms with Gasteiger partial charge in [-0.15, -0.1) is 0 Å². The molecule has 36 heavy (non-hydrogen) atoms. The number of rotatable bonds is 10. The maximum atomic E-state index is 12.6. The highest BCUT2D eigenvalue weighted by Crippen LogP contribution is 2.71. The summed E-state index contributed by atoms with van der Waals surface area (Å²) < 4.78 is 0. The van der Waals surface area contributed by atoms with E-state index in [2.05, 4.69) is 41.2 Å². The number of allylic oxidation sites excluding steroid dienone is 3. The number of aliphatic carboxylic acids is 2. The lowest BCUT2D eigenvalue weighted by molar-refractivity contribution is -0.146. The third kappa shape index (κ3) is 4.81. The Morgan fingerprint density at radius 1 is 1.03 bits per heavy atom. The molecule has 3 aliphatic rings. The summed E-state index contributed by atoms with van der Waals surface area (Å²) >= 11 is 0. The van der Waals surface area contributed by atoms with Crippen LogP contribution in [0, 0.1) is 39.9 Å². The Bertz CT molecular complexity index is 924. The van der Waals surface area contributed by atoms with Crippen molar-refractivity contribution in [2.75, 3.05) is 0 Å². The molecule has 0 aromatic carbocycles. The number of aliphatic hydroxyl groups is 1. The van der Waals surface area contributed by atoms with Gasteiger partial charge in [0.15, 0.2) is 0 Å². The lowest BCUT2D eigenvalue weighted by Gasteiger charge is -2.59. The summed E-state index contributed by atoms with van der Waals surface area (Å²) in [5.74, 6) is -1.37. The second-order valence-electron chi connectivity index (χ2n) is 13.7. The van der Waals surface area contributed by atoms with E-state index in [4.69, 9.17) is 0 Å². The van der Waals surface area contributed by atoms with Gasteiger partial charge in [0.25, 0.3) is 0 Å². The van der Waals surface area contributed by atoms with Gasteiger partial charge in [-0.1, -0.05) is 57.9 Å². The minimum absolute atomic E-state index is 0.00192. The van der Waals surface area contributed by atoms with Gasteiger partial charge in [0, 0.05) is 6.42 Å². The maximum Gasteiger partial charge on any atom is 0.306 e. The van der Waals surface area contributed by atoms with Crippen LogP contribution in [0.25, 0.3) is 0 Å². The minimum atomic E-state index is -0.890. The molecule has 6 atom stereocenters. The lowest BCUT2D eigenvalue weighted by atomic mass is 9.46.